The summed E-state index contributed by atoms with van der Waals surface area (Å²) in [4.78, 5) is 15.0. The van der Waals surface area contributed by atoms with E-state index in [4.69, 9.17) is 16.3 Å². The Morgan fingerprint density at radius 3 is 2.70 bits per heavy atom. The average molecular weight is 387 g/mol. The second-order valence-electron chi connectivity index (χ2n) is 6.92. The van der Waals surface area contributed by atoms with Crippen molar-refractivity contribution >= 4 is 17.5 Å². The highest BCUT2D eigenvalue weighted by atomic mass is 35.5. The Hall–Kier alpha value is -2.04. The molecule has 0 saturated carbocycles. The van der Waals surface area contributed by atoms with Crippen LogP contribution in [0.15, 0.2) is 48.5 Å². The van der Waals surface area contributed by atoms with E-state index in [1.165, 1.54) is 0 Å². The molecule has 0 bridgehead atoms. The number of rotatable bonds is 7. The maximum atomic E-state index is 12.7. The molecular formula is C22H27ClN2O2. The Morgan fingerprint density at radius 1 is 1.19 bits per heavy atom. The van der Waals surface area contributed by atoms with Crippen molar-refractivity contribution in [2.24, 2.45) is 5.92 Å². The summed E-state index contributed by atoms with van der Waals surface area (Å²) in [6.07, 6.45) is 1.95. The largest absolute Gasteiger partial charge is 0.494 e. The number of halogens is 1. The van der Waals surface area contributed by atoms with Crippen molar-refractivity contribution in [2.45, 2.75) is 32.9 Å². The van der Waals surface area contributed by atoms with Gasteiger partial charge in [-0.05, 0) is 44.0 Å². The first-order chi connectivity index (χ1) is 13.2. The normalized spacial score (nSPS) is 17.5. The van der Waals surface area contributed by atoms with Crippen LogP contribution in [0.25, 0.3) is 0 Å². The van der Waals surface area contributed by atoms with Crippen LogP contribution < -0.4 is 10.1 Å². The number of carbonyl (C=O) groups excluding carboxylic acids is 1. The van der Waals surface area contributed by atoms with Gasteiger partial charge in [0.15, 0.2) is 0 Å². The van der Waals surface area contributed by atoms with Crippen molar-refractivity contribution in [1.82, 2.24) is 10.2 Å². The standard InChI is InChI=1S/C22H27ClN2O2/c1-2-27-21-12-6-4-8-17(21)14-24-22(26)19-10-7-13-25(16-19)15-18-9-3-5-11-20(18)23/h3-6,8-9,11-12,19H,2,7,10,13-16H2,1H3,(H,24,26)/t19-/m1/s1. The van der Waals surface area contributed by atoms with Gasteiger partial charge in [-0.25, -0.2) is 0 Å². The molecular weight excluding hydrogens is 360 g/mol. The van der Waals surface area contributed by atoms with Crippen LogP contribution in [-0.2, 0) is 17.9 Å². The molecule has 2 aromatic carbocycles. The van der Waals surface area contributed by atoms with Crippen molar-refractivity contribution in [3.63, 3.8) is 0 Å². The molecule has 0 spiro atoms. The lowest BCUT2D eigenvalue weighted by molar-refractivity contribution is -0.126. The summed E-state index contributed by atoms with van der Waals surface area (Å²) in [5.74, 6) is 0.968. The molecule has 1 heterocycles. The van der Waals surface area contributed by atoms with E-state index < -0.39 is 0 Å². The Kier molecular flexibility index (Phi) is 7.13. The van der Waals surface area contributed by atoms with Crippen LogP contribution in [-0.4, -0.2) is 30.5 Å². The number of ether oxygens (including phenoxy) is 1. The van der Waals surface area contributed by atoms with E-state index in [-0.39, 0.29) is 11.8 Å². The summed E-state index contributed by atoms with van der Waals surface area (Å²) >= 11 is 6.28. The number of carbonyl (C=O) groups is 1. The molecule has 1 saturated heterocycles. The summed E-state index contributed by atoms with van der Waals surface area (Å²) in [7, 11) is 0. The molecule has 1 amide bonds. The molecule has 1 fully saturated rings. The van der Waals surface area contributed by atoms with E-state index >= 15 is 0 Å². The van der Waals surface area contributed by atoms with Gasteiger partial charge in [0.25, 0.3) is 0 Å². The second-order valence-corrected chi connectivity index (χ2v) is 7.33. The lowest BCUT2D eigenvalue weighted by Crippen LogP contribution is -2.42. The first-order valence-electron chi connectivity index (χ1n) is 9.61. The van der Waals surface area contributed by atoms with E-state index in [9.17, 15) is 4.79 Å². The fourth-order valence-electron chi connectivity index (χ4n) is 3.55. The van der Waals surface area contributed by atoms with Crippen LogP contribution in [0.4, 0.5) is 0 Å². The predicted octanol–water partition coefficient (Wildman–Crippen LogP) is 4.27. The zero-order valence-electron chi connectivity index (χ0n) is 15.8. The number of amides is 1. The highest BCUT2D eigenvalue weighted by molar-refractivity contribution is 6.31. The maximum Gasteiger partial charge on any atom is 0.224 e. The molecule has 1 aliphatic rings. The van der Waals surface area contributed by atoms with Gasteiger partial charge in [0.1, 0.15) is 5.75 Å². The molecule has 0 unspecified atom stereocenters. The fraction of sp³-hybridized carbons (Fsp3) is 0.409. The van der Waals surface area contributed by atoms with Crippen molar-refractivity contribution in [2.75, 3.05) is 19.7 Å². The molecule has 1 atom stereocenters. The van der Waals surface area contributed by atoms with Gasteiger partial charge in [0.05, 0.1) is 12.5 Å². The highest BCUT2D eigenvalue weighted by Crippen LogP contribution is 2.23. The van der Waals surface area contributed by atoms with Crippen LogP contribution >= 0.6 is 11.6 Å². The van der Waals surface area contributed by atoms with Gasteiger partial charge in [0, 0.05) is 30.2 Å². The number of piperidine rings is 1. The Bertz CT molecular complexity index is 765. The van der Waals surface area contributed by atoms with Crippen LogP contribution in [0.3, 0.4) is 0 Å². The van der Waals surface area contributed by atoms with E-state index in [1.54, 1.807) is 0 Å². The minimum absolute atomic E-state index is 0.0143. The Balaban J connectivity index is 1.55. The molecule has 1 N–H and O–H groups in total. The van der Waals surface area contributed by atoms with Crippen molar-refractivity contribution in [3.8, 4) is 5.75 Å². The molecule has 5 heteroatoms. The van der Waals surface area contributed by atoms with E-state index in [2.05, 4.69) is 16.3 Å². The Morgan fingerprint density at radius 2 is 1.93 bits per heavy atom. The third-order valence-corrected chi connectivity index (χ3v) is 5.32. The SMILES string of the molecule is CCOc1ccccc1CNC(=O)[C@@H]1CCCN(Cc2ccccc2Cl)C1. The number of para-hydroxylation sites is 1. The molecule has 0 radical (unpaired) electrons. The molecule has 1 aliphatic heterocycles. The summed E-state index contributed by atoms with van der Waals surface area (Å²) in [6.45, 7) is 5.63. The zero-order chi connectivity index (χ0) is 19.1. The number of hydrogen-bond acceptors (Lipinski definition) is 3. The summed E-state index contributed by atoms with van der Waals surface area (Å²) in [5, 5.41) is 3.88. The van der Waals surface area contributed by atoms with Crippen LogP contribution in [0.5, 0.6) is 5.75 Å². The lowest BCUT2D eigenvalue weighted by Gasteiger charge is -2.32. The maximum absolute atomic E-state index is 12.7. The molecule has 0 aromatic heterocycles. The molecule has 2 aromatic rings. The Labute approximate surface area is 166 Å². The zero-order valence-corrected chi connectivity index (χ0v) is 16.5. The van der Waals surface area contributed by atoms with Crippen molar-refractivity contribution in [1.29, 1.82) is 0 Å². The molecule has 144 valence electrons. The van der Waals surface area contributed by atoms with E-state index in [1.807, 2.05) is 49.4 Å². The van der Waals surface area contributed by atoms with Gasteiger partial charge in [-0.1, -0.05) is 48.0 Å². The predicted molar refractivity (Wildman–Crippen MR) is 109 cm³/mol. The second kappa shape index (κ2) is 9.77. The molecule has 27 heavy (non-hydrogen) atoms. The first-order valence-corrected chi connectivity index (χ1v) is 9.99. The van der Waals surface area contributed by atoms with Crippen molar-refractivity contribution in [3.05, 3.63) is 64.7 Å². The van der Waals surface area contributed by atoms with Gasteiger partial charge < -0.3 is 10.1 Å². The number of hydrogen-bond donors (Lipinski definition) is 1. The number of likely N-dealkylation sites (tertiary alicyclic amines) is 1. The smallest absolute Gasteiger partial charge is 0.224 e. The van der Waals surface area contributed by atoms with Gasteiger partial charge >= 0.3 is 0 Å². The van der Waals surface area contributed by atoms with Crippen LogP contribution in [0.2, 0.25) is 5.02 Å². The quantitative estimate of drug-likeness (QED) is 0.772. The molecule has 0 aliphatic carbocycles. The number of nitrogens with one attached hydrogen (secondary N) is 1. The monoisotopic (exact) mass is 386 g/mol. The average Bonchev–Trinajstić information content (AvgIpc) is 2.69. The third kappa shape index (κ3) is 5.47. The van der Waals surface area contributed by atoms with Crippen LogP contribution in [0.1, 0.15) is 30.9 Å². The summed E-state index contributed by atoms with van der Waals surface area (Å²) in [6, 6.07) is 15.8. The van der Waals surface area contributed by atoms with E-state index in [0.717, 1.165) is 54.4 Å². The van der Waals surface area contributed by atoms with Crippen molar-refractivity contribution < 1.29 is 9.53 Å². The molecule has 4 nitrogen and oxygen atoms in total. The number of benzene rings is 2. The van der Waals surface area contributed by atoms with Crippen LogP contribution in [0, 0.1) is 5.92 Å². The van der Waals surface area contributed by atoms with Gasteiger partial charge in [-0.15, -0.1) is 0 Å². The summed E-state index contributed by atoms with van der Waals surface area (Å²) < 4.78 is 5.64. The van der Waals surface area contributed by atoms with Gasteiger partial charge in [-0.3, -0.25) is 9.69 Å². The lowest BCUT2D eigenvalue weighted by atomic mass is 9.96. The topological polar surface area (TPSA) is 41.6 Å². The van der Waals surface area contributed by atoms with Gasteiger partial charge in [-0.2, -0.15) is 0 Å². The fourth-order valence-corrected chi connectivity index (χ4v) is 3.75. The first kappa shape index (κ1) is 19.7. The summed E-state index contributed by atoms with van der Waals surface area (Å²) in [5.41, 5.74) is 2.13. The third-order valence-electron chi connectivity index (χ3n) is 4.95. The minimum Gasteiger partial charge on any atom is -0.494 e. The number of nitrogens with zero attached hydrogens (tertiary/aromatic N) is 1. The highest BCUT2D eigenvalue weighted by Gasteiger charge is 2.26. The van der Waals surface area contributed by atoms with E-state index in [0.29, 0.717) is 13.2 Å². The molecule has 3 rings (SSSR count). The minimum atomic E-state index is 0.0143. The van der Waals surface area contributed by atoms with Gasteiger partial charge in [0.2, 0.25) is 5.91 Å².